The molecule has 2 heterocycles. The number of rotatable bonds is 4. The van der Waals surface area contributed by atoms with Gasteiger partial charge in [0.1, 0.15) is 0 Å². The Morgan fingerprint density at radius 1 is 1.04 bits per heavy atom. The molecule has 1 aliphatic heterocycles. The number of benzene rings is 1. The molecule has 1 saturated heterocycles. The predicted octanol–water partition coefficient (Wildman–Crippen LogP) is 3.24. The van der Waals surface area contributed by atoms with Gasteiger partial charge in [-0.15, -0.1) is 0 Å². The average Bonchev–Trinajstić information content (AvgIpc) is 3.05. The number of carbonyl (C=O) groups is 1. The monoisotopic (exact) mass is 380 g/mol. The molecule has 4 rings (SSSR count). The zero-order chi connectivity index (χ0) is 19.8. The molecule has 2 fully saturated rings. The van der Waals surface area contributed by atoms with Crippen LogP contribution in [0.4, 0.5) is 5.82 Å². The number of amides is 1. The molecule has 1 aliphatic carbocycles. The molecule has 1 aromatic carbocycles. The zero-order valence-corrected chi connectivity index (χ0v) is 16.9. The van der Waals surface area contributed by atoms with Crippen molar-refractivity contribution in [1.82, 2.24) is 14.9 Å². The van der Waals surface area contributed by atoms with Crippen LogP contribution in [-0.4, -0.2) is 48.5 Å². The van der Waals surface area contributed by atoms with Crippen molar-refractivity contribution in [1.29, 1.82) is 0 Å². The highest BCUT2D eigenvalue weighted by Gasteiger charge is 2.50. The molecule has 6 nitrogen and oxygen atoms in total. The molecule has 28 heavy (non-hydrogen) atoms. The lowest BCUT2D eigenvalue weighted by Gasteiger charge is -2.48. The Morgan fingerprint density at radius 3 is 2.32 bits per heavy atom. The van der Waals surface area contributed by atoms with Gasteiger partial charge in [-0.2, -0.15) is 0 Å². The van der Waals surface area contributed by atoms with E-state index in [1.54, 1.807) is 24.4 Å². The number of hydrogen-bond acceptors (Lipinski definition) is 5. The van der Waals surface area contributed by atoms with Crippen molar-refractivity contribution in [3.05, 3.63) is 48.3 Å². The summed E-state index contributed by atoms with van der Waals surface area (Å²) in [5.74, 6) is 1.23. The highest BCUT2D eigenvalue weighted by molar-refractivity contribution is 5.95. The van der Waals surface area contributed by atoms with E-state index in [1.807, 2.05) is 0 Å². The molecule has 0 bridgehead atoms. The first-order chi connectivity index (χ1) is 13.5. The first kappa shape index (κ1) is 18.9. The SMILES string of the molecule is COc1cnc(N2CC3(CCC(c4ccccc4)(N(C)C)CC3)CC2=O)cn1. The van der Waals surface area contributed by atoms with Gasteiger partial charge >= 0.3 is 0 Å². The molecular weight excluding hydrogens is 352 g/mol. The fourth-order valence-corrected chi connectivity index (χ4v) is 4.93. The predicted molar refractivity (Wildman–Crippen MR) is 108 cm³/mol. The minimum atomic E-state index is 0.0347. The van der Waals surface area contributed by atoms with Gasteiger partial charge in [0.05, 0.1) is 19.5 Å². The van der Waals surface area contributed by atoms with Gasteiger partial charge in [-0.25, -0.2) is 9.97 Å². The summed E-state index contributed by atoms with van der Waals surface area (Å²) in [6.45, 7) is 0.727. The third kappa shape index (κ3) is 3.15. The lowest BCUT2D eigenvalue weighted by Crippen LogP contribution is -2.47. The summed E-state index contributed by atoms with van der Waals surface area (Å²) in [6.07, 6.45) is 7.98. The second-order valence-electron chi connectivity index (χ2n) is 8.37. The van der Waals surface area contributed by atoms with Crippen molar-refractivity contribution in [3.63, 3.8) is 0 Å². The third-order valence-electron chi connectivity index (χ3n) is 6.73. The van der Waals surface area contributed by atoms with Crippen molar-refractivity contribution >= 4 is 11.7 Å². The Kier molecular flexibility index (Phi) is 4.83. The second kappa shape index (κ2) is 7.17. The standard InChI is InChI=1S/C22H28N4O2/c1-25(2)22(17-7-5-4-6-8-17)11-9-21(10-12-22)13-20(27)26(16-21)18-14-24-19(28-3)15-23-18/h4-8,14-15H,9-13,16H2,1-3H3. The van der Waals surface area contributed by atoms with Crippen LogP contribution >= 0.6 is 0 Å². The van der Waals surface area contributed by atoms with Crippen LogP contribution in [0.15, 0.2) is 42.7 Å². The fourth-order valence-electron chi connectivity index (χ4n) is 4.93. The van der Waals surface area contributed by atoms with E-state index in [4.69, 9.17) is 4.74 Å². The Balaban J connectivity index is 1.53. The Bertz CT molecular complexity index is 827. The van der Waals surface area contributed by atoms with Crippen LogP contribution in [0.3, 0.4) is 0 Å². The van der Waals surface area contributed by atoms with Crippen LogP contribution in [0.2, 0.25) is 0 Å². The number of hydrogen-bond donors (Lipinski definition) is 0. The molecule has 1 spiro atoms. The van der Waals surface area contributed by atoms with Crippen LogP contribution in [0.5, 0.6) is 5.88 Å². The van der Waals surface area contributed by atoms with E-state index >= 15 is 0 Å². The van der Waals surface area contributed by atoms with Crippen molar-refractivity contribution in [3.8, 4) is 5.88 Å². The number of nitrogens with zero attached hydrogens (tertiary/aromatic N) is 4. The van der Waals surface area contributed by atoms with Crippen LogP contribution in [0.1, 0.15) is 37.7 Å². The highest BCUT2D eigenvalue weighted by atomic mass is 16.5. The van der Waals surface area contributed by atoms with E-state index in [-0.39, 0.29) is 16.9 Å². The van der Waals surface area contributed by atoms with E-state index in [9.17, 15) is 4.79 Å². The van der Waals surface area contributed by atoms with Crippen molar-refractivity contribution in [2.45, 2.75) is 37.6 Å². The van der Waals surface area contributed by atoms with Gasteiger partial charge in [-0.3, -0.25) is 14.6 Å². The molecule has 148 valence electrons. The van der Waals surface area contributed by atoms with Crippen LogP contribution in [-0.2, 0) is 10.3 Å². The third-order valence-corrected chi connectivity index (χ3v) is 6.73. The van der Waals surface area contributed by atoms with Crippen LogP contribution in [0.25, 0.3) is 0 Å². The first-order valence-corrected chi connectivity index (χ1v) is 9.87. The zero-order valence-electron chi connectivity index (χ0n) is 16.9. The van der Waals surface area contributed by atoms with Gasteiger partial charge in [-0.1, -0.05) is 30.3 Å². The maximum atomic E-state index is 12.8. The van der Waals surface area contributed by atoms with E-state index in [1.165, 1.54) is 5.56 Å². The largest absolute Gasteiger partial charge is 0.480 e. The minimum absolute atomic E-state index is 0.0347. The van der Waals surface area contributed by atoms with Crippen LogP contribution < -0.4 is 9.64 Å². The maximum Gasteiger partial charge on any atom is 0.232 e. The summed E-state index contributed by atoms with van der Waals surface area (Å²) in [6, 6.07) is 10.8. The molecule has 6 heteroatoms. The van der Waals surface area contributed by atoms with Gasteiger partial charge in [0, 0.05) is 18.5 Å². The summed E-state index contributed by atoms with van der Waals surface area (Å²) in [7, 11) is 5.90. The summed E-state index contributed by atoms with van der Waals surface area (Å²) in [4.78, 5) is 25.5. The molecule has 1 saturated carbocycles. The van der Waals surface area contributed by atoms with Crippen LogP contribution in [0, 0.1) is 5.41 Å². The molecule has 0 unspecified atom stereocenters. The maximum absolute atomic E-state index is 12.8. The molecule has 0 radical (unpaired) electrons. The minimum Gasteiger partial charge on any atom is -0.480 e. The van der Waals surface area contributed by atoms with Gasteiger partial charge < -0.3 is 4.74 Å². The van der Waals surface area contributed by atoms with Gasteiger partial charge in [0.2, 0.25) is 11.8 Å². The topological polar surface area (TPSA) is 58.6 Å². The van der Waals surface area contributed by atoms with Gasteiger partial charge in [0.25, 0.3) is 0 Å². The number of anilines is 1. The van der Waals surface area contributed by atoms with E-state index in [0.717, 1.165) is 32.2 Å². The second-order valence-corrected chi connectivity index (χ2v) is 8.37. The highest BCUT2D eigenvalue weighted by Crippen LogP contribution is 2.52. The first-order valence-electron chi connectivity index (χ1n) is 9.87. The normalized spacial score (nSPS) is 27.6. The lowest BCUT2D eigenvalue weighted by molar-refractivity contribution is -0.118. The molecular formula is C22H28N4O2. The van der Waals surface area contributed by atoms with Crippen molar-refractivity contribution < 1.29 is 9.53 Å². The molecule has 2 aliphatic rings. The molecule has 0 N–H and O–H groups in total. The fraction of sp³-hybridized carbons (Fsp3) is 0.500. The quantitative estimate of drug-likeness (QED) is 0.815. The van der Waals surface area contributed by atoms with Crippen molar-refractivity contribution in [2.75, 3.05) is 32.6 Å². The van der Waals surface area contributed by atoms with Gasteiger partial charge in [-0.05, 0) is 50.8 Å². The summed E-state index contributed by atoms with van der Waals surface area (Å²) in [5.41, 5.74) is 1.45. The summed E-state index contributed by atoms with van der Waals surface area (Å²) in [5, 5.41) is 0. The lowest BCUT2D eigenvalue weighted by atomic mass is 9.64. The number of ether oxygens (including phenoxy) is 1. The number of carbonyl (C=O) groups excluding carboxylic acids is 1. The smallest absolute Gasteiger partial charge is 0.232 e. The molecule has 1 aromatic heterocycles. The van der Waals surface area contributed by atoms with E-state index < -0.39 is 0 Å². The van der Waals surface area contributed by atoms with E-state index in [0.29, 0.717) is 18.1 Å². The van der Waals surface area contributed by atoms with Crippen molar-refractivity contribution in [2.24, 2.45) is 5.41 Å². The Hall–Kier alpha value is -2.47. The Labute approximate surface area is 166 Å². The average molecular weight is 380 g/mol. The summed E-state index contributed by atoms with van der Waals surface area (Å²) >= 11 is 0. The van der Waals surface area contributed by atoms with E-state index in [2.05, 4.69) is 59.3 Å². The molecule has 2 aromatic rings. The van der Waals surface area contributed by atoms with Gasteiger partial charge in [0.15, 0.2) is 5.82 Å². The molecule has 0 atom stereocenters. The Morgan fingerprint density at radius 2 is 1.75 bits per heavy atom. The number of methoxy groups -OCH3 is 1. The summed E-state index contributed by atoms with van der Waals surface area (Å²) < 4.78 is 5.07. The number of aromatic nitrogens is 2. The molecule has 1 amide bonds.